The Morgan fingerprint density at radius 1 is 1.48 bits per heavy atom. The van der Waals surface area contributed by atoms with Crippen LogP contribution < -0.4 is 4.74 Å². The number of rotatable bonds is 5. The Morgan fingerprint density at radius 3 is 3.10 bits per heavy atom. The van der Waals surface area contributed by atoms with Gasteiger partial charge in [0.2, 0.25) is 0 Å². The van der Waals surface area contributed by atoms with Crippen molar-refractivity contribution < 1.29 is 9.84 Å². The number of aliphatic hydroxyl groups excluding tert-OH is 1. The largest absolute Gasteiger partial charge is 0.496 e. The first-order valence-electron chi connectivity index (χ1n) is 7.42. The molecular formula is C16H21BrN2O2. The summed E-state index contributed by atoms with van der Waals surface area (Å²) in [6, 6.07) is 4.34. The molecule has 0 spiro atoms. The predicted molar refractivity (Wildman–Crippen MR) is 87.9 cm³/mol. The van der Waals surface area contributed by atoms with Gasteiger partial charge in [0.15, 0.2) is 0 Å². The van der Waals surface area contributed by atoms with Crippen LogP contribution in [0.2, 0.25) is 0 Å². The number of nitrogens with one attached hydrogen (secondary N) is 1. The van der Waals surface area contributed by atoms with Crippen LogP contribution in [0.1, 0.15) is 18.4 Å². The molecule has 4 nitrogen and oxygen atoms in total. The molecule has 1 fully saturated rings. The number of hydrogen-bond acceptors (Lipinski definition) is 3. The number of aliphatic hydroxyl groups is 1. The maximum Gasteiger partial charge on any atom is 0.128 e. The summed E-state index contributed by atoms with van der Waals surface area (Å²) in [6.45, 7) is 2.34. The minimum absolute atomic E-state index is 0.267. The summed E-state index contributed by atoms with van der Waals surface area (Å²) in [7, 11) is 1.71. The van der Waals surface area contributed by atoms with E-state index in [9.17, 15) is 5.11 Å². The maximum absolute atomic E-state index is 9.41. The molecular weight excluding hydrogens is 332 g/mol. The topological polar surface area (TPSA) is 48.5 Å². The van der Waals surface area contributed by atoms with Crippen molar-refractivity contribution in [1.29, 1.82) is 0 Å². The zero-order chi connectivity index (χ0) is 14.8. The van der Waals surface area contributed by atoms with Crippen molar-refractivity contribution in [3.63, 3.8) is 0 Å². The molecule has 0 bridgehead atoms. The number of H-pyrrole nitrogens is 1. The third-order valence-corrected chi connectivity index (χ3v) is 5.09. The number of ether oxygens (including phenoxy) is 1. The zero-order valence-corrected chi connectivity index (χ0v) is 13.8. The van der Waals surface area contributed by atoms with Crippen LogP contribution in [0.3, 0.4) is 0 Å². The quantitative estimate of drug-likeness (QED) is 0.869. The number of methoxy groups -OCH3 is 1. The number of aromatic nitrogens is 1. The van der Waals surface area contributed by atoms with Gasteiger partial charge in [-0.2, -0.15) is 0 Å². The van der Waals surface area contributed by atoms with Gasteiger partial charge in [-0.1, -0.05) is 0 Å². The number of nitrogens with zero attached hydrogens (tertiary/aromatic N) is 1. The number of hydrogen-bond donors (Lipinski definition) is 2. The van der Waals surface area contributed by atoms with Crippen molar-refractivity contribution in [2.45, 2.75) is 25.3 Å². The van der Waals surface area contributed by atoms with Gasteiger partial charge in [-0.15, -0.1) is 0 Å². The molecule has 1 aromatic carbocycles. The van der Waals surface area contributed by atoms with Crippen molar-refractivity contribution in [3.05, 3.63) is 28.4 Å². The van der Waals surface area contributed by atoms with Crippen LogP contribution in [0.5, 0.6) is 5.75 Å². The van der Waals surface area contributed by atoms with Crippen LogP contribution in [0.25, 0.3) is 10.9 Å². The van der Waals surface area contributed by atoms with Gasteiger partial charge in [0, 0.05) is 28.6 Å². The summed E-state index contributed by atoms with van der Waals surface area (Å²) >= 11 is 3.58. The maximum atomic E-state index is 9.41. The number of halogens is 1. The first-order chi connectivity index (χ1) is 10.2. The minimum Gasteiger partial charge on any atom is -0.496 e. The van der Waals surface area contributed by atoms with Crippen molar-refractivity contribution >= 4 is 26.8 Å². The van der Waals surface area contributed by atoms with Crippen LogP contribution in [-0.2, 0) is 6.42 Å². The van der Waals surface area contributed by atoms with Crippen LogP contribution >= 0.6 is 15.9 Å². The van der Waals surface area contributed by atoms with Gasteiger partial charge in [0.05, 0.1) is 19.2 Å². The van der Waals surface area contributed by atoms with E-state index >= 15 is 0 Å². The first-order valence-corrected chi connectivity index (χ1v) is 8.21. The molecule has 2 heterocycles. The predicted octanol–water partition coefficient (Wildman–Crippen LogP) is 2.94. The van der Waals surface area contributed by atoms with E-state index in [0.717, 1.165) is 47.1 Å². The zero-order valence-electron chi connectivity index (χ0n) is 12.2. The summed E-state index contributed by atoms with van der Waals surface area (Å²) in [5.41, 5.74) is 2.36. The molecule has 21 heavy (non-hydrogen) atoms. The summed E-state index contributed by atoms with van der Waals surface area (Å²) in [5, 5.41) is 10.6. The van der Waals surface area contributed by atoms with E-state index in [1.54, 1.807) is 7.11 Å². The van der Waals surface area contributed by atoms with Crippen molar-refractivity contribution in [2.24, 2.45) is 0 Å². The third-order valence-electron chi connectivity index (χ3n) is 4.43. The molecule has 0 radical (unpaired) electrons. The van der Waals surface area contributed by atoms with Crippen molar-refractivity contribution in [3.8, 4) is 5.75 Å². The molecule has 0 saturated carbocycles. The van der Waals surface area contributed by atoms with E-state index in [-0.39, 0.29) is 6.61 Å². The van der Waals surface area contributed by atoms with Crippen LogP contribution in [0, 0.1) is 0 Å². The monoisotopic (exact) mass is 352 g/mol. The molecule has 1 saturated heterocycles. The highest BCUT2D eigenvalue weighted by Gasteiger charge is 2.23. The molecule has 1 aliphatic heterocycles. The Hall–Kier alpha value is -1.04. The fraction of sp³-hybridized carbons (Fsp3) is 0.500. The normalized spacial score (nSPS) is 19.5. The molecule has 1 atom stereocenters. The molecule has 0 amide bonds. The Balaban J connectivity index is 1.82. The molecule has 2 N–H and O–H groups in total. The summed E-state index contributed by atoms with van der Waals surface area (Å²) in [6.07, 6.45) is 5.33. The smallest absolute Gasteiger partial charge is 0.128 e. The average molecular weight is 353 g/mol. The van der Waals surface area contributed by atoms with E-state index in [1.165, 1.54) is 12.0 Å². The fourth-order valence-corrected chi connectivity index (χ4v) is 3.72. The van der Waals surface area contributed by atoms with Crippen LogP contribution in [-0.4, -0.2) is 47.8 Å². The second-order valence-electron chi connectivity index (χ2n) is 5.58. The Kier molecular flexibility index (Phi) is 4.52. The minimum atomic E-state index is 0.267. The van der Waals surface area contributed by atoms with Crippen molar-refractivity contribution in [1.82, 2.24) is 9.88 Å². The standard InChI is InChI=1S/C16H21BrN2O2/c1-21-14-5-4-13(17)16-15(14)11(9-18-16)6-8-19-7-2-3-12(19)10-20/h4-5,9,12,18,20H,2-3,6-8,10H2,1H3. The molecule has 1 aliphatic rings. The number of fused-ring (bicyclic) bond motifs is 1. The van der Waals surface area contributed by atoms with Crippen LogP contribution in [0.4, 0.5) is 0 Å². The molecule has 1 unspecified atom stereocenters. The Bertz CT molecular complexity index is 626. The van der Waals surface area contributed by atoms with Gasteiger partial charge in [-0.3, -0.25) is 4.90 Å². The van der Waals surface area contributed by atoms with E-state index in [2.05, 4.69) is 32.0 Å². The van der Waals surface area contributed by atoms with E-state index < -0.39 is 0 Å². The summed E-state index contributed by atoms with van der Waals surface area (Å²) in [4.78, 5) is 5.73. The lowest BCUT2D eigenvalue weighted by molar-refractivity contribution is 0.160. The molecule has 114 valence electrons. The molecule has 5 heteroatoms. The van der Waals surface area contributed by atoms with E-state index in [1.807, 2.05) is 12.1 Å². The average Bonchev–Trinajstić information content (AvgIpc) is 3.12. The Labute approximate surface area is 133 Å². The van der Waals surface area contributed by atoms with Gasteiger partial charge < -0.3 is 14.8 Å². The summed E-state index contributed by atoms with van der Waals surface area (Å²) in [5.74, 6) is 0.907. The van der Waals surface area contributed by atoms with Gasteiger partial charge >= 0.3 is 0 Å². The van der Waals surface area contributed by atoms with Gasteiger partial charge in [-0.25, -0.2) is 0 Å². The van der Waals surface area contributed by atoms with Gasteiger partial charge in [0.1, 0.15) is 5.75 Å². The van der Waals surface area contributed by atoms with E-state index in [4.69, 9.17) is 4.74 Å². The highest BCUT2D eigenvalue weighted by atomic mass is 79.9. The highest BCUT2D eigenvalue weighted by Crippen LogP contribution is 2.34. The number of benzene rings is 1. The third kappa shape index (κ3) is 2.82. The summed E-state index contributed by atoms with van der Waals surface area (Å²) < 4.78 is 6.56. The van der Waals surface area contributed by atoms with Crippen LogP contribution in [0.15, 0.2) is 22.8 Å². The van der Waals surface area contributed by atoms with Gasteiger partial charge in [0.25, 0.3) is 0 Å². The molecule has 3 rings (SSSR count). The number of aromatic amines is 1. The number of likely N-dealkylation sites (tertiary alicyclic amines) is 1. The molecule has 0 aliphatic carbocycles. The fourth-order valence-electron chi connectivity index (χ4n) is 3.28. The molecule has 1 aromatic heterocycles. The SMILES string of the molecule is COc1ccc(Br)c2[nH]cc(CCN3CCCC3CO)c12. The lowest BCUT2D eigenvalue weighted by Crippen LogP contribution is -2.33. The lowest BCUT2D eigenvalue weighted by atomic mass is 10.1. The van der Waals surface area contributed by atoms with Gasteiger partial charge in [-0.05, 0) is 59.4 Å². The second kappa shape index (κ2) is 6.38. The Morgan fingerprint density at radius 2 is 2.33 bits per heavy atom. The lowest BCUT2D eigenvalue weighted by Gasteiger charge is -2.22. The first kappa shape index (κ1) is 14.9. The van der Waals surface area contributed by atoms with E-state index in [0.29, 0.717) is 6.04 Å². The highest BCUT2D eigenvalue weighted by molar-refractivity contribution is 9.10. The molecule has 2 aromatic rings. The van der Waals surface area contributed by atoms with Crippen molar-refractivity contribution in [2.75, 3.05) is 26.8 Å². The second-order valence-corrected chi connectivity index (χ2v) is 6.43.